The van der Waals surface area contributed by atoms with Crippen LogP contribution in [0.4, 0.5) is 5.69 Å². The summed E-state index contributed by atoms with van der Waals surface area (Å²) in [6.45, 7) is 1.31. The number of rotatable bonds is 5. The lowest BCUT2D eigenvalue weighted by Gasteiger charge is -2.14. The fourth-order valence-electron chi connectivity index (χ4n) is 2.94. The number of para-hydroxylation sites is 2. The maximum Gasteiger partial charge on any atom is 0.348 e. The fraction of sp³-hybridized carbons (Fsp3) is 0.143. The number of H-pyrrole nitrogens is 1. The van der Waals surface area contributed by atoms with Crippen molar-refractivity contribution < 1.29 is 19.1 Å². The highest BCUT2D eigenvalue weighted by Gasteiger charge is 2.33. The van der Waals surface area contributed by atoms with E-state index in [1.54, 1.807) is 43.3 Å². The number of ketones is 1. The van der Waals surface area contributed by atoms with E-state index in [1.165, 1.54) is 0 Å². The minimum Gasteiger partial charge on any atom is -0.470 e. The molecule has 1 aliphatic rings. The van der Waals surface area contributed by atoms with Crippen LogP contribution in [0.25, 0.3) is 10.9 Å². The number of benzene rings is 2. The lowest BCUT2D eigenvalue weighted by Crippen LogP contribution is -2.21. The van der Waals surface area contributed by atoms with E-state index in [0.29, 0.717) is 16.6 Å². The molecule has 3 aromatic rings. The summed E-state index contributed by atoms with van der Waals surface area (Å²) >= 11 is 0. The van der Waals surface area contributed by atoms with Crippen molar-refractivity contribution in [1.29, 1.82) is 0 Å². The van der Waals surface area contributed by atoms with Gasteiger partial charge in [0.1, 0.15) is 0 Å². The van der Waals surface area contributed by atoms with Crippen LogP contribution in [0.5, 0.6) is 0 Å². The van der Waals surface area contributed by atoms with Crippen molar-refractivity contribution in [3.63, 3.8) is 0 Å². The summed E-state index contributed by atoms with van der Waals surface area (Å²) in [7, 11) is 0. The van der Waals surface area contributed by atoms with Crippen LogP contribution in [0, 0.1) is 0 Å². The van der Waals surface area contributed by atoms with Gasteiger partial charge >= 0.3 is 5.97 Å². The quantitative estimate of drug-likeness (QED) is 0.508. The van der Waals surface area contributed by atoms with Crippen molar-refractivity contribution in [2.75, 3.05) is 11.9 Å². The number of nitrogens with one attached hydrogen (secondary N) is 2. The Morgan fingerprint density at radius 2 is 1.86 bits per heavy atom. The van der Waals surface area contributed by atoms with Crippen LogP contribution in [0.1, 0.15) is 18.9 Å². The number of esters is 1. The Hall–Kier alpha value is -3.94. The molecule has 1 aliphatic heterocycles. The van der Waals surface area contributed by atoms with Gasteiger partial charge in [-0.05, 0) is 31.2 Å². The second kappa shape index (κ2) is 7.59. The maximum atomic E-state index is 12.6. The number of ether oxygens (including phenoxy) is 2. The van der Waals surface area contributed by atoms with Gasteiger partial charge in [0, 0.05) is 5.69 Å². The van der Waals surface area contributed by atoms with Crippen molar-refractivity contribution in [2.24, 2.45) is 0 Å². The molecule has 29 heavy (non-hydrogen) atoms. The van der Waals surface area contributed by atoms with Crippen LogP contribution in [0.15, 0.2) is 70.8 Å². The van der Waals surface area contributed by atoms with Gasteiger partial charge in [-0.25, -0.2) is 9.78 Å². The zero-order valence-corrected chi connectivity index (χ0v) is 15.5. The third-order valence-electron chi connectivity index (χ3n) is 4.39. The maximum absolute atomic E-state index is 12.6. The van der Waals surface area contributed by atoms with Crippen LogP contribution >= 0.6 is 0 Å². The van der Waals surface area contributed by atoms with Gasteiger partial charge < -0.3 is 19.8 Å². The van der Waals surface area contributed by atoms with E-state index in [2.05, 4.69) is 15.3 Å². The van der Waals surface area contributed by atoms with Crippen molar-refractivity contribution >= 4 is 28.3 Å². The molecule has 1 atom stereocenters. The second-order valence-corrected chi connectivity index (χ2v) is 6.42. The molecule has 0 fully saturated rings. The first-order valence-electron chi connectivity index (χ1n) is 8.95. The molecular weight excluding hydrogens is 374 g/mol. The molecule has 2 heterocycles. The normalized spacial score (nSPS) is 14.6. The standard InChI is InChI=1S/C21H17N3O5/c1-12(18-23-15-10-6-5-9-14(15)19(26)24-18)29-21(27)17-16(25)11-28-20(17)22-13-7-3-2-4-8-13/h2-10,12,22H,11H2,1H3,(H,23,24,26)/t12-/m0/s1. The van der Waals surface area contributed by atoms with Gasteiger partial charge in [0.15, 0.2) is 24.1 Å². The number of carbonyl (C=O) groups excluding carboxylic acids is 2. The molecule has 146 valence electrons. The van der Waals surface area contributed by atoms with Crippen LogP contribution in [0.3, 0.4) is 0 Å². The van der Waals surface area contributed by atoms with Crippen molar-refractivity contribution in [1.82, 2.24) is 9.97 Å². The lowest BCUT2D eigenvalue weighted by molar-refractivity contribution is -0.145. The van der Waals surface area contributed by atoms with E-state index in [1.807, 2.05) is 18.2 Å². The summed E-state index contributed by atoms with van der Waals surface area (Å²) in [5.41, 5.74) is 0.611. The van der Waals surface area contributed by atoms with E-state index < -0.39 is 17.9 Å². The van der Waals surface area contributed by atoms with Gasteiger partial charge in [0.05, 0.1) is 10.9 Å². The van der Waals surface area contributed by atoms with Gasteiger partial charge in [-0.15, -0.1) is 0 Å². The van der Waals surface area contributed by atoms with Crippen LogP contribution in [-0.2, 0) is 19.1 Å². The number of Topliss-reactive ketones (excluding diaryl/α,β-unsaturated/α-hetero) is 1. The predicted molar refractivity (Wildman–Crippen MR) is 105 cm³/mol. The number of aromatic nitrogens is 2. The zero-order chi connectivity index (χ0) is 20.4. The summed E-state index contributed by atoms with van der Waals surface area (Å²) < 4.78 is 10.7. The smallest absolute Gasteiger partial charge is 0.348 e. The summed E-state index contributed by atoms with van der Waals surface area (Å²) in [4.78, 5) is 44.0. The summed E-state index contributed by atoms with van der Waals surface area (Å²) in [6, 6.07) is 15.8. The highest BCUT2D eigenvalue weighted by atomic mass is 16.6. The third-order valence-corrected chi connectivity index (χ3v) is 4.39. The van der Waals surface area contributed by atoms with Crippen molar-refractivity contribution in [3.05, 3.63) is 82.2 Å². The highest BCUT2D eigenvalue weighted by molar-refractivity contribution is 6.19. The Bertz CT molecular complexity index is 1180. The minimum atomic E-state index is -0.876. The van der Waals surface area contributed by atoms with Crippen LogP contribution in [0.2, 0.25) is 0 Å². The average Bonchev–Trinajstić information content (AvgIpc) is 3.08. The predicted octanol–water partition coefficient (Wildman–Crippen LogP) is 2.45. The molecule has 1 aromatic heterocycles. The monoisotopic (exact) mass is 391 g/mol. The minimum absolute atomic E-state index is 0.0402. The molecule has 0 saturated heterocycles. The fourth-order valence-corrected chi connectivity index (χ4v) is 2.94. The number of hydrogen-bond donors (Lipinski definition) is 2. The first-order chi connectivity index (χ1) is 14.0. The Labute approximate surface area is 165 Å². The van der Waals surface area contributed by atoms with Gasteiger partial charge in [-0.1, -0.05) is 30.3 Å². The van der Waals surface area contributed by atoms with Crippen LogP contribution < -0.4 is 10.9 Å². The number of carbonyl (C=O) groups is 2. The molecule has 0 spiro atoms. The van der Waals surface area contributed by atoms with Gasteiger partial charge in [-0.3, -0.25) is 9.59 Å². The Morgan fingerprint density at radius 1 is 1.14 bits per heavy atom. The molecule has 2 aromatic carbocycles. The molecule has 4 rings (SSSR count). The largest absolute Gasteiger partial charge is 0.470 e. The molecule has 0 amide bonds. The van der Waals surface area contributed by atoms with E-state index >= 15 is 0 Å². The first-order valence-corrected chi connectivity index (χ1v) is 8.95. The second-order valence-electron chi connectivity index (χ2n) is 6.42. The van der Waals surface area contributed by atoms with Gasteiger partial charge in [0.2, 0.25) is 11.7 Å². The molecule has 0 aliphatic carbocycles. The molecule has 0 unspecified atom stereocenters. The summed E-state index contributed by atoms with van der Waals surface area (Å²) in [5, 5.41) is 3.35. The lowest BCUT2D eigenvalue weighted by atomic mass is 10.2. The Kier molecular flexibility index (Phi) is 4.82. The molecular formula is C21H17N3O5. The first kappa shape index (κ1) is 18.4. The Morgan fingerprint density at radius 3 is 2.66 bits per heavy atom. The van der Waals surface area contributed by atoms with E-state index in [4.69, 9.17) is 9.47 Å². The average molecular weight is 391 g/mol. The SMILES string of the molecule is C[C@H](OC(=O)C1=C(Nc2ccccc2)OCC1=O)c1nc2ccccc2c(=O)[nH]1. The number of fused-ring (bicyclic) bond motifs is 1. The van der Waals surface area contributed by atoms with Gasteiger partial charge in [0.25, 0.3) is 5.56 Å². The molecule has 2 N–H and O–H groups in total. The van der Waals surface area contributed by atoms with E-state index in [-0.39, 0.29) is 29.4 Å². The van der Waals surface area contributed by atoms with Crippen LogP contribution in [-0.4, -0.2) is 28.3 Å². The number of nitrogens with zero attached hydrogens (tertiary/aromatic N) is 1. The Balaban J connectivity index is 1.58. The van der Waals surface area contributed by atoms with E-state index in [0.717, 1.165) is 0 Å². The number of hydrogen-bond acceptors (Lipinski definition) is 7. The summed E-state index contributed by atoms with van der Waals surface area (Å²) in [6.07, 6.45) is -0.876. The zero-order valence-electron chi connectivity index (χ0n) is 15.5. The molecule has 0 radical (unpaired) electrons. The topological polar surface area (TPSA) is 110 Å². The summed E-state index contributed by atoms with van der Waals surface area (Å²) in [5.74, 6) is -1.11. The highest BCUT2D eigenvalue weighted by Crippen LogP contribution is 2.23. The molecule has 8 nitrogen and oxygen atoms in total. The number of aromatic amines is 1. The van der Waals surface area contributed by atoms with E-state index in [9.17, 15) is 14.4 Å². The molecule has 0 saturated carbocycles. The van der Waals surface area contributed by atoms with Crippen molar-refractivity contribution in [2.45, 2.75) is 13.0 Å². The third kappa shape index (κ3) is 3.73. The van der Waals surface area contributed by atoms with Crippen molar-refractivity contribution in [3.8, 4) is 0 Å². The number of anilines is 1. The molecule has 8 heteroatoms. The molecule has 0 bridgehead atoms. The van der Waals surface area contributed by atoms with Gasteiger partial charge in [-0.2, -0.15) is 0 Å².